The smallest absolute Gasteiger partial charge is 0.261 e. The van der Waals surface area contributed by atoms with Crippen LogP contribution in [0.15, 0.2) is 41.8 Å². The molecule has 0 unspecified atom stereocenters. The number of methoxy groups -OCH3 is 1. The van der Waals surface area contributed by atoms with Crippen LogP contribution in [-0.2, 0) is 4.74 Å². The number of benzene rings is 1. The van der Waals surface area contributed by atoms with E-state index in [4.69, 9.17) is 9.47 Å². The van der Waals surface area contributed by atoms with Gasteiger partial charge in [0.25, 0.3) is 5.91 Å². The number of hydrogen-bond acceptors (Lipinski definition) is 5. The van der Waals surface area contributed by atoms with E-state index >= 15 is 0 Å². The Morgan fingerprint density at radius 2 is 2.04 bits per heavy atom. The Labute approximate surface area is 146 Å². The molecule has 1 aromatic carbocycles. The molecule has 0 saturated carbocycles. The molecular formula is C18H22N2O3S. The summed E-state index contributed by atoms with van der Waals surface area (Å²) in [5.74, 6) is 0.818. The van der Waals surface area contributed by atoms with Crippen LogP contribution in [0.4, 0.5) is 0 Å². The van der Waals surface area contributed by atoms with Crippen LogP contribution in [0.3, 0.4) is 0 Å². The van der Waals surface area contributed by atoms with Gasteiger partial charge in [0, 0.05) is 19.6 Å². The van der Waals surface area contributed by atoms with Gasteiger partial charge >= 0.3 is 0 Å². The minimum Gasteiger partial charge on any atom is -0.497 e. The third-order valence-electron chi connectivity index (χ3n) is 4.19. The van der Waals surface area contributed by atoms with Crippen LogP contribution in [-0.4, -0.2) is 50.8 Å². The fourth-order valence-corrected chi connectivity index (χ4v) is 3.50. The summed E-state index contributed by atoms with van der Waals surface area (Å²) in [6.45, 7) is 3.76. The second-order valence-corrected chi connectivity index (χ2v) is 6.57. The minimum absolute atomic E-state index is 0.0169. The zero-order chi connectivity index (χ0) is 16.8. The van der Waals surface area contributed by atoms with Gasteiger partial charge in [-0.3, -0.25) is 9.69 Å². The van der Waals surface area contributed by atoms with E-state index in [-0.39, 0.29) is 11.9 Å². The van der Waals surface area contributed by atoms with Crippen LogP contribution in [0.1, 0.15) is 21.3 Å². The zero-order valence-corrected chi connectivity index (χ0v) is 14.6. The van der Waals surface area contributed by atoms with Gasteiger partial charge in [-0.15, -0.1) is 11.3 Å². The van der Waals surface area contributed by atoms with Crippen molar-refractivity contribution in [3.63, 3.8) is 0 Å². The largest absolute Gasteiger partial charge is 0.497 e. The van der Waals surface area contributed by atoms with Crippen LogP contribution in [0.5, 0.6) is 5.75 Å². The maximum absolute atomic E-state index is 12.3. The molecule has 1 aliphatic rings. The molecule has 2 heterocycles. The maximum atomic E-state index is 12.3. The van der Waals surface area contributed by atoms with E-state index in [9.17, 15) is 4.79 Å². The van der Waals surface area contributed by atoms with Crippen LogP contribution < -0.4 is 10.1 Å². The lowest BCUT2D eigenvalue weighted by molar-refractivity contribution is 0.0162. The molecular weight excluding hydrogens is 324 g/mol. The van der Waals surface area contributed by atoms with Crippen LogP contribution >= 0.6 is 11.3 Å². The highest BCUT2D eigenvalue weighted by Crippen LogP contribution is 2.24. The van der Waals surface area contributed by atoms with Crippen molar-refractivity contribution in [2.24, 2.45) is 0 Å². The number of rotatable bonds is 6. The lowest BCUT2D eigenvalue weighted by Gasteiger charge is -2.35. The third-order valence-corrected chi connectivity index (χ3v) is 5.06. The quantitative estimate of drug-likeness (QED) is 0.873. The number of nitrogens with zero attached hydrogens (tertiary/aromatic N) is 1. The molecule has 5 nitrogen and oxygen atoms in total. The molecule has 1 N–H and O–H groups in total. The van der Waals surface area contributed by atoms with Crippen molar-refractivity contribution < 1.29 is 14.3 Å². The molecule has 0 aliphatic carbocycles. The number of amides is 1. The highest BCUT2D eigenvalue weighted by atomic mass is 32.1. The molecule has 1 atom stereocenters. The predicted octanol–water partition coefficient (Wildman–Crippen LogP) is 2.56. The van der Waals surface area contributed by atoms with Gasteiger partial charge in [0.2, 0.25) is 0 Å². The van der Waals surface area contributed by atoms with Crippen LogP contribution in [0, 0.1) is 0 Å². The van der Waals surface area contributed by atoms with Crippen LogP contribution in [0.25, 0.3) is 0 Å². The third kappa shape index (κ3) is 4.14. The van der Waals surface area contributed by atoms with Gasteiger partial charge in [0.15, 0.2) is 0 Å². The standard InChI is InChI=1S/C18H22N2O3S/c1-22-15-6-4-14(5-7-15)16(20-8-10-23-11-9-20)13-19-18(21)17-3-2-12-24-17/h2-7,12,16H,8-11,13H2,1H3,(H,19,21)/t16-/m0/s1. The van der Waals surface area contributed by atoms with E-state index in [1.165, 1.54) is 16.9 Å². The molecule has 1 aliphatic heterocycles. The van der Waals surface area contributed by atoms with E-state index in [1.54, 1.807) is 7.11 Å². The number of thiophene rings is 1. The summed E-state index contributed by atoms with van der Waals surface area (Å²) < 4.78 is 10.7. The Bertz CT molecular complexity index is 637. The Hall–Kier alpha value is -1.89. The first-order chi connectivity index (χ1) is 11.8. The summed E-state index contributed by atoms with van der Waals surface area (Å²) in [7, 11) is 1.66. The monoisotopic (exact) mass is 346 g/mol. The lowest BCUT2D eigenvalue weighted by Crippen LogP contribution is -2.43. The number of morpholine rings is 1. The number of nitrogens with one attached hydrogen (secondary N) is 1. The fourth-order valence-electron chi connectivity index (χ4n) is 2.86. The van der Waals surface area contributed by atoms with Crippen molar-refractivity contribution in [1.82, 2.24) is 10.2 Å². The SMILES string of the molecule is COc1ccc([C@H](CNC(=O)c2cccs2)N2CCOCC2)cc1. The molecule has 1 fully saturated rings. The summed E-state index contributed by atoms with van der Waals surface area (Å²) in [5.41, 5.74) is 1.17. The van der Waals surface area contributed by atoms with Gasteiger partial charge in [0.1, 0.15) is 5.75 Å². The van der Waals surface area contributed by atoms with Gasteiger partial charge in [-0.25, -0.2) is 0 Å². The Morgan fingerprint density at radius 1 is 1.29 bits per heavy atom. The van der Waals surface area contributed by atoms with Crippen molar-refractivity contribution in [3.8, 4) is 5.75 Å². The minimum atomic E-state index is -0.0169. The van der Waals surface area contributed by atoms with Crippen LogP contribution in [0.2, 0.25) is 0 Å². The predicted molar refractivity (Wildman–Crippen MR) is 94.8 cm³/mol. The maximum Gasteiger partial charge on any atom is 0.261 e. The van der Waals surface area contributed by atoms with Crippen molar-refractivity contribution in [2.45, 2.75) is 6.04 Å². The molecule has 0 spiro atoms. The Morgan fingerprint density at radius 3 is 2.67 bits per heavy atom. The second-order valence-electron chi connectivity index (χ2n) is 5.62. The second kappa shape index (κ2) is 8.28. The molecule has 0 bridgehead atoms. The molecule has 6 heteroatoms. The number of carbonyl (C=O) groups excluding carboxylic acids is 1. The van der Waals surface area contributed by atoms with Gasteiger partial charge < -0.3 is 14.8 Å². The molecule has 24 heavy (non-hydrogen) atoms. The molecule has 1 amide bonds. The van der Waals surface area contributed by atoms with E-state index in [0.717, 1.165) is 36.9 Å². The molecule has 2 aromatic rings. The zero-order valence-electron chi connectivity index (χ0n) is 13.7. The first kappa shape index (κ1) is 17.0. The first-order valence-corrected chi connectivity index (χ1v) is 8.93. The van der Waals surface area contributed by atoms with Crippen molar-refractivity contribution in [3.05, 3.63) is 52.2 Å². The highest BCUT2D eigenvalue weighted by molar-refractivity contribution is 7.12. The van der Waals surface area contributed by atoms with Gasteiger partial charge in [-0.05, 0) is 29.1 Å². The number of hydrogen-bond donors (Lipinski definition) is 1. The summed E-state index contributed by atoms with van der Waals surface area (Å²) in [6.07, 6.45) is 0. The lowest BCUT2D eigenvalue weighted by atomic mass is 10.0. The van der Waals surface area contributed by atoms with Gasteiger partial charge in [0.05, 0.1) is 31.2 Å². The normalized spacial score (nSPS) is 16.5. The molecule has 3 rings (SSSR count). The van der Waals surface area contributed by atoms with Gasteiger partial charge in [-0.2, -0.15) is 0 Å². The summed E-state index contributed by atoms with van der Waals surface area (Å²) in [6, 6.07) is 11.9. The average Bonchev–Trinajstić information content (AvgIpc) is 3.18. The van der Waals surface area contributed by atoms with Crippen molar-refractivity contribution in [2.75, 3.05) is 40.0 Å². The molecule has 0 radical (unpaired) electrons. The van der Waals surface area contributed by atoms with Gasteiger partial charge in [-0.1, -0.05) is 18.2 Å². The van der Waals surface area contributed by atoms with E-state index in [1.807, 2.05) is 29.6 Å². The molecule has 128 valence electrons. The number of carbonyl (C=O) groups is 1. The molecule has 1 aromatic heterocycles. The van der Waals surface area contributed by atoms with Crippen molar-refractivity contribution >= 4 is 17.2 Å². The van der Waals surface area contributed by atoms with Crippen molar-refractivity contribution in [1.29, 1.82) is 0 Å². The summed E-state index contributed by atoms with van der Waals surface area (Å²) in [5, 5.41) is 4.98. The fraction of sp³-hybridized carbons (Fsp3) is 0.389. The Balaban J connectivity index is 1.72. The Kier molecular flexibility index (Phi) is 5.85. The summed E-state index contributed by atoms with van der Waals surface area (Å²) >= 11 is 1.46. The van der Waals surface area contributed by atoms with E-state index in [2.05, 4.69) is 22.3 Å². The topological polar surface area (TPSA) is 50.8 Å². The van der Waals surface area contributed by atoms with E-state index < -0.39 is 0 Å². The highest BCUT2D eigenvalue weighted by Gasteiger charge is 2.23. The van der Waals surface area contributed by atoms with E-state index in [0.29, 0.717) is 6.54 Å². The average molecular weight is 346 g/mol. The summed E-state index contributed by atoms with van der Waals surface area (Å²) in [4.78, 5) is 15.4. The first-order valence-electron chi connectivity index (χ1n) is 8.05. The molecule has 1 saturated heterocycles. The number of ether oxygens (including phenoxy) is 2.